The number of rotatable bonds is 6. The van der Waals surface area contributed by atoms with E-state index in [1.807, 2.05) is 0 Å². The van der Waals surface area contributed by atoms with Crippen molar-refractivity contribution >= 4 is 5.91 Å². The van der Waals surface area contributed by atoms with E-state index in [0.717, 1.165) is 32.7 Å². The van der Waals surface area contributed by atoms with Crippen molar-refractivity contribution in [2.75, 3.05) is 32.7 Å². The summed E-state index contributed by atoms with van der Waals surface area (Å²) in [7, 11) is 0. The molecule has 0 aromatic carbocycles. The van der Waals surface area contributed by atoms with Crippen LogP contribution in [0.25, 0.3) is 0 Å². The Morgan fingerprint density at radius 2 is 2.00 bits per heavy atom. The van der Waals surface area contributed by atoms with E-state index >= 15 is 0 Å². The summed E-state index contributed by atoms with van der Waals surface area (Å²) in [6, 6.07) is 0. The van der Waals surface area contributed by atoms with Crippen LogP contribution >= 0.6 is 0 Å². The van der Waals surface area contributed by atoms with Gasteiger partial charge in [0.1, 0.15) is 0 Å². The van der Waals surface area contributed by atoms with Crippen LogP contribution in [0.3, 0.4) is 0 Å². The predicted molar refractivity (Wildman–Crippen MR) is 75.2 cm³/mol. The minimum atomic E-state index is 0.0837. The predicted octanol–water partition coefficient (Wildman–Crippen LogP) is 1.07. The molecule has 106 valence electrons. The SMILES string of the molecule is CC(=O)NCC1CCN(CC(CN)C(C)C)CC1. The standard InChI is InChI=1S/C14H29N3O/c1-11(2)14(8-15)10-17-6-4-13(5-7-17)9-16-12(3)18/h11,13-14H,4-10,15H2,1-3H3,(H,16,18). The lowest BCUT2D eigenvalue weighted by Gasteiger charge is -2.35. The largest absolute Gasteiger partial charge is 0.356 e. The van der Waals surface area contributed by atoms with Crippen LogP contribution in [0, 0.1) is 17.8 Å². The Morgan fingerprint density at radius 1 is 1.39 bits per heavy atom. The van der Waals surface area contributed by atoms with Gasteiger partial charge in [-0.1, -0.05) is 13.8 Å². The summed E-state index contributed by atoms with van der Waals surface area (Å²) in [5.41, 5.74) is 5.83. The van der Waals surface area contributed by atoms with Crippen LogP contribution in [0.15, 0.2) is 0 Å². The number of hydrogen-bond donors (Lipinski definition) is 2. The van der Waals surface area contributed by atoms with E-state index in [2.05, 4.69) is 24.1 Å². The summed E-state index contributed by atoms with van der Waals surface area (Å²) in [6.45, 7) is 11.1. The maximum atomic E-state index is 10.9. The quantitative estimate of drug-likeness (QED) is 0.746. The highest BCUT2D eigenvalue weighted by Crippen LogP contribution is 2.19. The molecular formula is C14H29N3O. The topological polar surface area (TPSA) is 58.4 Å². The molecule has 18 heavy (non-hydrogen) atoms. The van der Waals surface area contributed by atoms with Crippen LogP contribution in [0.5, 0.6) is 0 Å². The van der Waals surface area contributed by atoms with Crippen molar-refractivity contribution in [2.45, 2.75) is 33.6 Å². The van der Waals surface area contributed by atoms with Crippen LogP contribution < -0.4 is 11.1 Å². The molecule has 0 bridgehead atoms. The third-order valence-corrected chi connectivity index (χ3v) is 4.09. The third-order valence-electron chi connectivity index (χ3n) is 4.09. The Morgan fingerprint density at radius 3 is 2.44 bits per heavy atom. The Hall–Kier alpha value is -0.610. The highest BCUT2D eigenvalue weighted by atomic mass is 16.1. The first-order valence-corrected chi connectivity index (χ1v) is 7.19. The van der Waals surface area contributed by atoms with Crippen molar-refractivity contribution in [1.82, 2.24) is 10.2 Å². The zero-order valence-electron chi connectivity index (χ0n) is 12.1. The number of carbonyl (C=O) groups is 1. The lowest BCUT2D eigenvalue weighted by Crippen LogP contribution is -2.42. The molecule has 1 atom stereocenters. The molecular weight excluding hydrogens is 226 g/mol. The van der Waals surface area contributed by atoms with Crippen molar-refractivity contribution in [1.29, 1.82) is 0 Å². The summed E-state index contributed by atoms with van der Waals surface area (Å²) >= 11 is 0. The average Bonchev–Trinajstić information content (AvgIpc) is 2.34. The molecule has 1 saturated heterocycles. The normalized spacial score (nSPS) is 20.1. The number of carbonyl (C=O) groups excluding carboxylic acids is 1. The van der Waals surface area contributed by atoms with Gasteiger partial charge in [-0.25, -0.2) is 0 Å². The molecule has 0 aromatic heterocycles. The van der Waals surface area contributed by atoms with Crippen molar-refractivity contribution < 1.29 is 4.79 Å². The van der Waals surface area contributed by atoms with Gasteiger partial charge in [-0.15, -0.1) is 0 Å². The number of likely N-dealkylation sites (tertiary alicyclic amines) is 1. The molecule has 4 nitrogen and oxygen atoms in total. The van der Waals surface area contributed by atoms with Gasteiger partial charge in [0, 0.05) is 20.0 Å². The molecule has 1 heterocycles. The molecule has 0 radical (unpaired) electrons. The monoisotopic (exact) mass is 255 g/mol. The highest BCUT2D eigenvalue weighted by molar-refractivity contribution is 5.72. The molecule has 1 aliphatic heterocycles. The van der Waals surface area contributed by atoms with E-state index in [1.54, 1.807) is 6.92 Å². The molecule has 1 amide bonds. The van der Waals surface area contributed by atoms with E-state index < -0.39 is 0 Å². The maximum absolute atomic E-state index is 10.9. The third kappa shape index (κ3) is 5.36. The van der Waals surface area contributed by atoms with Crippen LogP contribution in [0.1, 0.15) is 33.6 Å². The fraction of sp³-hybridized carbons (Fsp3) is 0.929. The molecule has 4 heteroatoms. The molecule has 1 unspecified atom stereocenters. The number of amides is 1. The van der Waals surface area contributed by atoms with Crippen LogP contribution in [-0.2, 0) is 4.79 Å². The summed E-state index contributed by atoms with van der Waals surface area (Å²) in [4.78, 5) is 13.4. The maximum Gasteiger partial charge on any atom is 0.216 e. The van der Waals surface area contributed by atoms with E-state index in [-0.39, 0.29) is 5.91 Å². The zero-order chi connectivity index (χ0) is 13.5. The lowest BCUT2D eigenvalue weighted by molar-refractivity contribution is -0.119. The van der Waals surface area contributed by atoms with Crippen molar-refractivity contribution in [3.05, 3.63) is 0 Å². The van der Waals surface area contributed by atoms with Gasteiger partial charge in [0.05, 0.1) is 0 Å². The molecule has 1 rings (SSSR count). The minimum Gasteiger partial charge on any atom is -0.356 e. The Kier molecular flexibility index (Phi) is 6.65. The van der Waals surface area contributed by atoms with Crippen LogP contribution in [-0.4, -0.2) is 43.5 Å². The van der Waals surface area contributed by atoms with Gasteiger partial charge in [-0.3, -0.25) is 4.79 Å². The average molecular weight is 255 g/mol. The van der Waals surface area contributed by atoms with Gasteiger partial charge in [0.15, 0.2) is 0 Å². The van der Waals surface area contributed by atoms with Crippen molar-refractivity contribution in [3.63, 3.8) is 0 Å². The van der Waals surface area contributed by atoms with Crippen molar-refractivity contribution in [3.8, 4) is 0 Å². The molecule has 3 N–H and O–H groups in total. The van der Waals surface area contributed by atoms with E-state index in [0.29, 0.717) is 17.8 Å². The molecule has 1 aliphatic rings. The van der Waals surface area contributed by atoms with E-state index in [1.165, 1.54) is 12.8 Å². The first-order chi connectivity index (χ1) is 8.52. The van der Waals surface area contributed by atoms with Gasteiger partial charge in [0.25, 0.3) is 0 Å². The summed E-state index contributed by atoms with van der Waals surface area (Å²) < 4.78 is 0. The first kappa shape index (κ1) is 15.4. The molecule has 0 saturated carbocycles. The fourth-order valence-corrected chi connectivity index (χ4v) is 2.55. The first-order valence-electron chi connectivity index (χ1n) is 7.19. The Balaban J connectivity index is 2.24. The highest BCUT2D eigenvalue weighted by Gasteiger charge is 2.22. The van der Waals surface area contributed by atoms with Crippen LogP contribution in [0.4, 0.5) is 0 Å². The summed E-state index contributed by atoms with van der Waals surface area (Å²) in [5, 5.41) is 2.92. The zero-order valence-corrected chi connectivity index (χ0v) is 12.1. The number of nitrogens with two attached hydrogens (primary N) is 1. The second-order valence-corrected chi connectivity index (χ2v) is 5.92. The second-order valence-electron chi connectivity index (χ2n) is 5.92. The number of nitrogens with one attached hydrogen (secondary N) is 1. The Bertz CT molecular complexity index is 247. The molecule has 0 aromatic rings. The smallest absolute Gasteiger partial charge is 0.216 e. The lowest BCUT2D eigenvalue weighted by atomic mass is 9.92. The number of nitrogens with zero attached hydrogens (tertiary/aromatic N) is 1. The second kappa shape index (κ2) is 7.74. The number of piperidine rings is 1. The minimum absolute atomic E-state index is 0.0837. The van der Waals surface area contributed by atoms with Gasteiger partial charge in [0.2, 0.25) is 5.91 Å². The van der Waals surface area contributed by atoms with Crippen LogP contribution in [0.2, 0.25) is 0 Å². The van der Waals surface area contributed by atoms with Gasteiger partial charge < -0.3 is 16.0 Å². The number of hydrogen-bond acceptors (Lipinski definition) is 3. The molecule has 1 fully saturated rings. The van der Waals surface area contributed by atoms with E-state index in [4.69, 9.17) is 5.73 Å². The van der Waals surface area contributed by atoms with Crippen molar-refractivity contribution in [2.24, 2.45) is 23.5 Å². The van der Waals surface area contributed by atoms with Gasteiger partial charge in [-0.2, -0.15) is 0 Å². The van der Waals surface area contributed by atoms with Gasteiger partial charge in [-0.05, 0) is 50.2 Å². The van der Waals surface area contributed by atoms with E-state index in [9.17, 15) is 4.79 Å². The molecule has 0 spiro atoms. The molecule has 0 aliphatic carbocycles. The summed E-state index contributed by atoms with van der Waals surface area (Å²) in [6.07, 6.45) is 2.38. The van der Waals surface area contributed by atoms with Gasteiger partial charge >= 0.3 is 0 Å². The fourth-order valence-electron chi connectivity index (χ4n) is 2.55. The summed E-state index contributed by atoms with van der Waals surface area (Å²) in [5.74, 6) is 2.00. The Labute approximate surface area is 111 Å².